The predicted octanol–water partition coefficient (Wildman–Crippen LogP) is 7.32. The first kappa shape index (κ1) is 25.8. The number of hydrogen-bond acceptors (Lipinski definition) is 3. The number of pyridine rings is 1. The largest absolute Gasteiger partial charge is 0.370 e. The topological polar surface area (TPSA) is 36.3 Å². The Morgan fingerprint density at radius 3 is 2.49 bits per heavy atom. The Kier molecular flexibility index (Phi) is 7.04. The number of aromatic nitrogens is 2. The van der Waals surface area contributed by atoms with Gasteiger partial charge in [0.2, 0.25) is 0 Å². The fourth-order valence-corrected chi connectivity index (χ4v) is 6.83. The van der Waals surface area contributed by atoms with Crippen LogP contribution in [0, 0.1) is 17.7 Å². The molecule has 200 valence electrons. The Morgan fingerprint density at radius 1 is 0.949 bits per heavy atom. The van der Waals surface area contributed by atoms with Crippen molar-refractivity contribution in [3.63, 3.8) is 0 Å². The van der Waals surface area contributed by atoms with Crippen LogP contribution in [0.2, 0.25) is 5.02 Å². The van der Waals surface area contributed by atoms with Crippen LogP contribution in [-0.2, 0) is 0 Å². The number of halogens is 2. The van der Waals surface area contributed by atoms with Crippen molar-refractivity contribution in [1.29, 1.82) is 0 Å². The van der Waals surface area contributed by atoms with Gasteiger partial charge in [0.25, 0.3) is 0 Å². The lowest BCUT2D eigenvalue weighted by Gasteiger charge is -2.37. The number of rotatable bonds is 5. The summed E-state index contributed by atoms with van der Waals surface area (Å²) < 4.78 is 16.2. The van der Waals surface area contributed by atoms with Gasteiger partial charge in [0, 0.05) is 42.6 Å². The second-order valence-electron chi connectivity index (χ2n) is 10.8. The number of nitrogens with one attached hydrogen (secondary N) is 1. The van der Waals surface area contributed by atoms with Gasteiger partial charge in [-0.3, -0.25) is 4.98 Å². The maximum atomic E-state index is 14.2. The average Bonchev–Trinajstić information content (AvgIpc) is 3.53. The zero-order valence-electron chi connectivity index (χ0n) is 22.0. The molecule has 6 rings (SSSR count). The molecular weight excluding hydrogens is 529 g/mol. The fraction of sp³-hybridized carbons (Fsp3) is 0.290. The molecule has 2 saturated heterocycles. The zero-order valence-corrected chi connectivity index (χ0v) is 23.5. The van der Waals surface area contributed by atoms with Crippen LogP contribution in [0.25, 0.3) is 5.69 Å². The number of thiocarbonyl (C=S) groups is 1. The third-order valence-electron chi connectivity index (χ3n) is 7.69. The van der Waals surface area contributed by atoms with Crippen molar-refractivity contribution in [3.05, 3.63) is 107 Å². The maximum absolute atomic E-state index is 14.2. The average molecular weight is 560 g/mol. The molecule has 39 heavy (non-hydrogen) atoms. The summed E-state index contributed by atoms with van der Waals surface area (Å²) in [5.41, 5.74) is 4.53. The monoisotopic (exact) mass is 559 g/mol. The Labute approximate surface area is 239 Å². The maximum Gasteiger partial charge on any atom is 0.174 e. The molecule has 0 unspecified atom stereocenters. The molecule has 2 aliphatic rings. The summed E-state index contributed by atoms with van der Waals surface area (Å²) in [4.78, 5) is 9.16. The van der Waals surface area contributed by atoms with E-state index in [0.29, 0.717) is 22.0 Å². The number of nitrogens with zero attached hydrogens (tertiary/aromatic N) is 4. The van der Waals surface area contributed by atoms with Gasteiger partial charge in [0.15, 0.2) is 5.11 Å². The lowest BCUT2D eigenvalue weighted by molar-refractivity contribution is 0.357. The summed E-state index contributed by atoms with van der Waals surface area (Å²) in [6, 6.07) is 22.3. The molecule has 0 bridgehead atoms. The van der Waals surface area contributed by atoms with Crippen LogP contribution in [0.5, 0.6) is 0 Å². The van der Waals surface area contributed by atoms with Crippen molar-refractivity contribution in [3.8, 4) is 5.69 Å². The summed E-state index contributed by atoms with van der Waals surface area (Å²) in [5.74, 6) is 0.965. The minimum atomic E-state index is -0.283. The van der Waals surface area contributed by atoms with E-state index in [-0.39, 0.29) is 17.9 Å². The third-order valence-corrected chi connectivity index (χ3v) is 8.30. The summed E-state index contributed by atoms with van der Waals surface area (Å²) >= 11 is 12.9. The smallest absolute Gasteiger partial charge is 0.174 e. The van der Waals surface area contributed by atoms with Crippen molar-refractivity contribution in [2.75, 3.05) is 22.9 Å². The minimum absolute atomic E-state index is 0.219. The molecule has 0 amide bonds. The molecule has 2 fully saturated rings. The molecule has 0 radical (unpaired) electrons. The van der Waals surface area contributed by atoms with Gasteiger partial charge < -0.3 is 19.7 Å². The van der Waals surface area contributed by atoms with Crippen LogP contribution in [0.1, 0.15) is 43.7 Å². The van der Waals surface area contributed by atoms with E-state index in [4.69, 9.17) is 23.8 Å². The lowest BCUT2D eigenvalue weighted by atomic mass is 9.91. The standard InChI is InChI=1S/C31H31ClFN5S/c1-20-15-21(2)19-36(18-20)27-12-11-24(17-25(27)32)38-30(29(35-31(38)39)26-9-3-4-13-34-26)28-10-6-14-37(28)23-8-5-7-22(33)16-23/h3-14,16-17,20-21,29-30H,15,18-19H2,1-2H3,(H,35,39)/t20-,21+,29-,30-/m0/s1. The molecular formula is C31H31ClFN5S. The van der Waals surface area contributed by atoms with Crippen LogP contribution in [0.4, 0.5) is 15.8 Å². The molecule has 5 nitrogen and oxygen atoms in total. The van der Waals surface area contributed by atoms with Gasteiger partial charge in [0.1, 0.15) is 11.9 Å². The van der Waals surface area contributed by atoms with Gasteiger partial charge in [-0.25, -0.2) is 4.39 Å². The molecule has 2 aromatic carbocycles. The third kappa shape index (κ3) is 5.01. The quantitative estimate of drug-likeness (QED) is 0.259. The molecule has 0 saturated carbocycles. The molecule has 4 atom stereocenters. The molecule has 0 aliphatic carbocycles. The van der Waals surface area contributed by atoms with Gasteiger partial charge in [-0.15, -0.1) is 0 Å². The van der Waals surface area contributed by atoms with E-state index in [9.17, 15) is 4.39 Å². The summed E-state index contributed by atoms with van der Waals surface area (Å²) in [7, 11) is 0. The molecule has 8 heteroatoms. The van der Waals surface area contributed by atoms with Gasteiger partial charge >= 0.3 is 0 Å². The van der Waals surface area contributed by atoms with E-state index < -0.39 is 0 Å². The first-order valence-electron chi connectivity index (χ1n) is 13.4. The van der Waals surface area contributed by atoms with Gasteiger partial charge in [-0.05, 0) is 91.1 Å². The first-order chi connectivity index (χ1) is 18.9. The number of hydrogen-bond donors (Lipinski definition) is 1. The Bertz CT molecular complexity index is 1480. The molecule has 1 N–H and O–H groups in total. The van der Waals surface area contributed by atoms with Gasteiger partial charge in [-0.2, -0.15) is 0 Å². The first-order valence-corrected chi connectivity index (χ1v) is 14.2. The van der Waals surface area contributed by atoms with E-state index in [1.807, 2.05) is 47.2 Å². The SMILES string of the molecule is C[C@@H]1C[C@H](C)CN(c2ccc(N3C(=S)N[C@@H](c4ccccn4)[C@@H]3c3cccn3-c3cccc(F)c3)cc2Cl)C1. The molecule has 2 aliphatic heterocycles. The van der Waals surface area contributed by atoms with E-state index in [2.05, 4.69) is 52.1 Å². The lowest BCUT2D eigenvalue weighted by Crippen LogP contribution is -2.38. The van der Waals surface area contributed by atoms with Crippen molar-refractivity contribution < 1.29 is 4.39 Å². The highest BCUT2D eigenvalue weighted by Gasteiger charge is 2.42. The molecule has 4 heterocycles. The van der Waals surface area contributed by atoms with Crippen molar-refractivity contribution in [2.24, 2.45) is 11.8 Å². The van der Waals surface area contributed by atoms with E-state index in [1.54, 1.807) is 12.3 Å². The van der Waals surface area contributed by atoms with E-state index in [0.717, 1.165) is 41.5 Å². The highest BCUT2D eigenvalue weighted by Crippen LogP contribution is 2.44. The number of benzene rings is 2. The second kappa shape index (κ2) is 10.6. The van der Waals surface area contributed by atoms with Crippen LogP contribution in [-0.4, -0.2) is 27.8 Å². The van der Waals surface area contributed by atoms with Gasteiger partial charge in [0.05, 0.1) is 22.4 Å². The highest BCUT2D eigenvalue weighted by molar-refractivity contribution is 7.80. The fourth-order valence-electron chi connectivity index (χ4n) is 6.19. The van der Waals surface area contributed by atoms with Crippen molar-refractivity contribution >= 4 is 40.3 Å². The molecule has 0 spiro atoms. The molecule has 2 aromatic heterocycles. The summed E-state index contributed by atoms with van der Waals surface area (Å²) in [6.45, 7) is 6.60. The van der Waals surface area contributed by atoms with Crippen molar-refractivity contribution in [1.82, 2.24) is 14.9 Å². The normalized spacial score (nSPS) is 23.2. The minimum Gasteiger partial charge on any atom is -0.370 e. The van der Waals surface area contributed by atoms with Crippen LogP contribution in [0.15, 0.2) is 85.2 Å². The van der Waals surface area contributed by atoms with Crippen LogP contribution in [0.3, 0.4) is 0 Å². The Balaban J connectivity index is 1.43. The Morgan fingerprint density at radius 2 is 1.77 bits per heavy atom. The summed E-state index contributed by atoms with van der Waals surface area (Å²) in [6.07, 6.45) is 4.98. The van der Waals surface area contributed by atoms with E-state index >= 15 is 0 Å². The van der Waals surface area contributed by atoms with Gasteiger partial charge in [-0.1, -0.05) is 37.6 Å². The van der Waals surface area contributed by atoms with Crippen molar-refractivity contribution in [2.45, 2.75) is 32.4 Å². The van der Waals surface area contributed by atoms with Crippen LogP contribution >= 0.6 is 23.8 Å². The Hall–Kier alpha value is -3.42. The predicted molar refractivity (Wildman–Crippen MR) is 160 cm³/mol. The van der Waals surface area contributed by atoms with Crippen LogP contribution < -0.4 is 15.1 Å². The number of anilines is 2. The second-order valence-corrected chi connectivity index (χ2v) is 11.6. The number of piperidine rings is 1. The summed E-state index contributed by atoms with van der Waals surface area (Å²) in [5, 5.41) is 4.81. The molecule has 4 aromatic rings. The zero-order chi connectivity index (χ0) is 27.1. The highest BCUT2D eigenvalue weighted by atomic mass is 35.5. The van der Waals surface area contributed by atoms with E-state index in [1.165, 1.54) is 18.6 Å².